The number of carbonyl (C=O) groups excluding carboxylic acids is 2. The second kappa shape index (κ2) is 10.8. The molecule has 0 unspecified atom stereocenters. The third-order valence-corrected chi connectivity index (χ3v) is 3.31. The number of ether oxygens (including phenoxy) is 2. The highest BCUT2D eigenvalue weighted by molar-refractivity contribution is 14.0. The first-order valence-corrected chi connectivity index (χ1v) is 8.87. The van der Waals surface area contributed by atoms with Crippen LogP contribution in [0, 0.1) is 0 Å². The van der Waals surface area contributed by atoms with Crippen LogP contribution in [0.3, 0.4) is 0 Å². The van der Waals surface area contributed by atoms with Crippen LogP contribution >= 0.6 is 24.0 Å². The van der Waals surface area contributed by atoms with Gasteiger partial charge in [-0.15, -0.1) is 24.0 Å². The van der Waals surface area contributed by atoms with Crippen LogP contribution in [-0.2, 0) is 9.47 Å². The SMILES string of the molecule is CC(C)(C)OC(=O)NCCN=C(N)N1CCN(C(=O)OC(C)(C)C)CC1.I. The Labute approximate surface area is 179 Å². The number of nitrogens with one attached hydrogen (secondary N) is 1. The Morgan fingerprint density at radius 2 is 1.44 bits per heavy atom. The highest BCUT2D eigenvalue weighted by atomic mass is 127. The molecule has 1 aliphatic heterocycles. The summed E-state index contributed by atoms with van der Waals surface area (Å²) in [6.45, 7) is 13.9. The molecule has 0 aromatic rings. The van der Waals surface area contributed by atoms with Crippen molar-refractivity contribution in [1.82, 2.24) is 15.1 Å². The fourth-order valence-corrected chi connectivity index (χ4v) is 2.19. The second-order valence-corrected chi connectivity index (χ2v) is 8.12. The Morgan fingerprint density at radius 1 is 0.963 bits per heavy atom. The number of hydrogen-bond acceptors (Lipinski definition) is 5. The molecule has 9 nitrogen and oxygen atoms in total. The van der Waals surface area contributed by atoms with Crippen molar-refractivity contribution in [3.05, 3.63) is 0 Å². The summed E-state index contributed by atoms with van der Waals surface area (Å²) in [5, 5.41) is 2.63. The molecular formula is C17H34IN5O4. The number of carbonyl (C=O) groups is 2. The van der Waals surface area contributed by atoms with Gasteiger partial charge in [0.05, 0.1) is 6.54 Å². The summed E-state index contributed by atoms with van der Waals surface area (Å²) >= 11 is 0. The molecule has 0 spiro atoms. The van der Waals surface area contributed by atoms with E-state index >= 15 is 0 Å². The molecule has 0 radical (unpaired) electrons. The number of rotatable bonds is 3. The Kier molecular flexibility index (Phi) is 10.2. The molecule has 1 rings (SSSR count). The van der Waals surface area contributed by atoms with Crippen LogP contribution in [0.5, 0.6) is 0 Å². The second-order valence-electron chi connectivity index (χ2n) is 8.12. The number of aliphatic imine (C=N–C) groups is 1. The minimum atomic E-state index is -0.528. The number of amides is 2. The summed E-state index contributed by atoms with van der Waals surface area (Å²) in [6, 6.07) is 0. The topological polar surface area (TPSA) is 109 Å². The van der Waals surface area contributed by atoms with Crippen molar-refractivity contribution in [2.45, 2.75) is 52.7 Å². The normalized spacial score (nSPS) is 15.7. The van der Waals surface area contributed by atoms with Gasteiger partial charge in [0, 0.05) is 32.7 Å². The standard InChI is InChI=1S/C17H33N5O4.HI/c1-16(2,3)25-14(23)20-8-7-19-13(18)21-9-11-22(12-10-21)15(24)26-17(4,5)6;/h7-12H2,1-6H3,(H2,18,19)(H,20,23);1H. The maximum absolute atomic E-state index is 12.0. The fourth-order valence-electron chi connectivity index (χ4n) is 2.19. The summed E-state index contributed by atoms with van der Waals surface area (Å²) in [4.78, 5) is 31.4. The molecule has 0 saturated carbocycles. The van der Waals surface area contributed by atoms with Gasteiger partial charge in [0.25, 0.3) is 0 Å². The highest BCUT2D eigenvalue weighted by Crippen LogP contribution is 2.11. The van der Waals surface area contributed by atoms with Gasteiger partial charge in [-0.05, 0) is 41.5 Å². The predicted octanol–water partition coefficient (Wildman–Crippen LogP) is 2.00. The van der Waals surface area contributed by atoms with E-state index < -0.39 is 17.3 Å². The number of halogens is 1. The summed E-state index contributed by atoms with van der Waals surface area (Å²) in [5.74, 6) is 0.403. The van der Waals surface area contributed by atoms with E-state index in [1.165, 1.54) is 0 Å². The van der Waals surface area contributed by atoms with Crippen LogP contribution < -0.4 is 11.1 Å². The first-order chi connectivity index (χ1) is 11.9. The van der Waals surface area contributed by atoms with Crippen molar-refractivity contribution in [3.63, 3.8) is 0 Å². The molecule has 0 bridgehead atoms. The van der Waals surface area contributed by atoms with Gasteiger partial charge in [-0.2, -0.15) is 0 Å². The largest absolute Gasteiger partial charge is 0.444 e. The van der Waals surface area contributed by atoms with Crippen LogP contribution in [0.1, 0.15) is 41.5 Å². The average molecular weight is 499 g/mol. The van der Waals surface area contributed by atoms with Crippen molar-refractivity contribution in [2.75, 3.05) is 39.3 Å². The number of hydrogen-bond donors (Lipinski definition) is 2. The smallest absolute Gasteiger partial charge is 0.410 e. The molecule has 0 atom stereocenters. The third-order valence-electron chi connectivity index (χ3n) is 3.31. The van der Waals surface area contributed by atoms with Gasteiger partial charge in [0.1, 0.15) is 11.2 Å². The Bertz CT molecular complexity index is 520. The summed E-state index contributed by atoms with van der Waals surface area (Å²) in [5.41, 5.74) is 4.96. The minimum absolute atomic E-state index is 0. The van der Waals surface area contributed by atoms with Crippen molar-refractivity contribution in [3.8, 4) is 0 Å². The molecule has 1 saturated heterocycles. The van der Waals surface area contributed by atoms with Gasteiger partial charge < -0.3 is 30.3 Å². The Balaban J connectivity index is 0.00000676. The zero-order valence-electron chi connectivity index (χ0n) is 17.2. The van der Waals surface area contributed by atoms with Crippen molar-refractivity contribution in [2.24, 2.45) is 10.7 Å². The molecule has 1 heterocycles. The van der Waals surface area contributed by atoms with E-state index in [9.17, 15) is 9.59 Å². The fraction of sp³-hybridized carbons (Fsp3) is 0.824. The monoisotopic (exact) mass is 499 g/mol. The maximum atomic E-state index is 12.0. The van der Waals surface area contributed by atoms with E-state index in [0.29, 0.717) is 45.2 Å². The summed E-state index contributed by atoms with van der Waals surface area (Å²) in [6.07, 6.45) is -0.786. The van der Waals surface area contributed by atoms with Crippen LogP contribution in [0.15, 0.2) is 4.99 Å². The van der Waals surface area contributed by atoms with Gasteiger partial charge in [-0.3, -0.25) is 4.99 Å². The number of guanidine groups is 1. The van der Waals surface area contributed by atoms with Crippen LogP contribution in [0.25, 0.3) is 0 Å². The molecule has 27 heavy (non-hydrogen) atoms. The zero-order chi connectivity index (χ0) is 20.0. The van der Waals surface area contributed by atoms with Crippen molar-refractivity contribution < 1.29 is 19.1 Å². The van der Waals surface area contributed by atoms with E-state index in [1.807, 2.05) is 25.7 Å². The third kappa shape index (κ3) is 11.1. The van der Waals surface area contributed by atoms with Gasteiger partial charge in [-0.1, -0.05) is 0 Å². The van der Waals surface area contributed by atoms with E-state index in [-0.39, 0.29) is 30.1 Å². The van der Waals surface area contributed by atoms with Crippen molar-refractivity contribution in [1.29, 1.82) is 0 Å². The Morgan fingerprint density at radius 3 is 1.93 bits per heavy atom. The van der Waals surface area contributed by atoms with E-state index in [4.69, 9.17) is 15.2 Å². The molecule has 0 aromatic heterocycles. The number of nitrogens with zero attached hydrogens (tertiary/aromatic N) is 3. The van der Waals surface area contributed by atoms with Crippen LogP contribution in [0.2, 0.25) is 0 Å². The summed E-state index contributed by atoms with van der Waals surface area (Å²) < 4.78 is 10.5. The molecule has 10 heteroatoms. The number of nitrogens with two attached hydrogens (primary N) is 1. The number of piperazine rings is 1. The molecule has 0 aromatic carbocycles. The average Bonchev–Trinajstić information content (AvgIpc) is 2.48. The van der Waals surface area contributed by atoms with Crippen molar-refractivity contribution >= 4 is 42.1 Å². The minimum Gasteiger partial charge on any atom is -0.444 e. The van der Waals surface area contributed by atoms with E-state index in [1.54, 1.807) is 25.7 Å². The Hall–Kier alpha value is -1.46. The summed E-state index contributed by atoms with van der Waals surface area (Å²) in [7, 11) is 0. The van der Waals surface area contributed by atoms with Crippen LogP contribution in [-0.4, -0.2) is 78.4 Å². The maximum Gasteiger partial charge on any atom is 0.410 e. The first-order valence-electron chi connectivity index (χ1n) is 8.87. The molecule has 1 aliphatic rings. The zero-order valence-corrected chi connectivity index (χ0v) is 19.5. The molecule has 2 amide bonds. The molecule has 0 aliphatic carbocycles. The van der Waals surface area contributed by atoms with E-state index in [2.05, 4.69) is 10.3 Å². The number of alkyl carbamates (subject to hydrolysis) is 1. The first kappa shape index (κ1) is 25.5. The quantitative estimate of drug-likeness (QED) is 0.266. The lowest BCUT2D eigenvalue weighted by molar-refractivity contribution is 0.0186. The van der Waals surface area contributed by atoms with Gasteiger partial charge in [0.2, 0.25) is 0 Å². The van der Waals surface area contributed by atoms with E-state index in [0.717, 1.165) is 0 Å². The van der Waals surface area contributed by atoms with Gasteiger partial charge >= 0.3 is 12.2 Å². The lowest BCUT2D eigenvalue weighted by Gasteiger charge is -2.36. The lowest BCUT2D eigenvalue weighted by atomic mass is 10.2. The highest BCUT2D eigenvalue weighted by Gasteiger charge is 2.26. The lowest BCUT2D eigenvalue weighted by Crippen LogP contribution is -2.53. The molecule has 1 fully saturated rings. The predicted molar refractivity (Wildman–Crippen MR) is 116 cm³/mol. The van der Waals surface area contributed by atoms with Crippen LogP contribution in [0.4, 0.5) is 9.59 Å². The molecule has 158 valence electrons. The van der Waals surface area contributed by atoms with Gasteiger partial charge in [0.15, 0.2) is 5.96 Å². The molecule has 3 N–H and O–H groups in total. The van der Waals surface area contributed by atoms with Gasteiger partial charge in [-0.25, -0.2) is 9.59 Å². The molecular weight excluding hydrogens is 465 g/mol.